The summed E-state index contributed by atoms with van der Waals surface area (Å²) in [6.07, 6.45) is 0.552. The molecule has 3 aromatic rings. The number of benzene rings is 2. The smallest absolute Gasteiger partial charge is 0.303 e. The van der Waals surface area contributed by atoms with Gasteiger partial charge in [-0.25, -0.2) is 0 Å². The maximum absolute atomic E-state index is 10.5. The highest BCUT2D eigenvalue weighted by molar-refractivity contribution is 5.66. The van der Waals surface area contributed by atoms with Gasteiger partial charge in [-0.05, 0) is 55.0 Å². The second-order valence-electron chi connectivity index (χ2n) is 5.65. The van der Waals surface area contributed by atoms with Crippen molar-refractivity contribution < 1.29 is 14.6 Å². The Morgan fingerprint density at radius 3 is 2.36 bits per heavy atom. The van der Waals surface area contributed by atoms with E-state index >= 15 is 0 Å². The Morgan fingerprint density at radius 2 is 1.72 bits per heavy atom. The van der Waals surface area contributed by atoms with Gasteiger partial charge in [-0.15, -0.1) is 10.2 Å². The van der Waals surface area contributed by atoms with Crippen LogP contribution in [0.4, 0.5) is 0 Å². The van der Waals surface area contributed by atoms with Crippen molar-refractivity contribution in [2.45, 2.75) is 26.3 Å². The summed E-state index contributed by atoms with van der Waals surface area (Å²) in [6.45, 7) is 2.45. The maximum atomic E-state index is 10.5. The number of carbonyl (C=O) groups is 1. The number of ether oxygens (including phenoxy) is 1. The van der Waals surface area contributed by atoms with Crippen LogP contribution in [0, 0.1) is 6.92 Å². The first-order valence-corrected chi connectivity index (χ1v) is 7.95. The predicted molar refractivity (Wildman–Crippen MR) is 91.4 cm³/mol. The summed E-state index contributed by atoms with van der Waals surface area (Å²) in [6, 6.07) is 15.3. The van der Waals surface area contributed by atoms with E-state index in [0.717, 1.165) is 17.1 Å². The minimum atomic E-state index is -0.829. The third kappa shape index (κ3) is 4.63. The summed E-state index contributed by atoms with van der Waals surface area (Å²) in [7, 11) is 0. The molecule has 0 aliphatic rings. The van der Waals surface area contributed by atoms with E-state index < -0.39 is 5.97 Å². The van der Waals surface area contributed by atoms with Crippen molar-refractivity contribution in [3.8, 4) is 22.9 Å². The number of carboxylic acids is 1. The molecule has 0 fully saturated rings. The molecule has 0 aliphatic heterocycles. The van der Waals surface area contributed by atoms with Crippen molar-refractivity contribution in [3.63, 3.8) is 0 Å². The zero-order valence-electron chi connectivity index (χ0n) is 13.8. The molecule has 0 unspecified atom stereocenters. The van der Waals surface area contributed by atoms with Gasteiger partial charge in [0.05, 0.1) is 6.54 Å². The summed E-state index contributed by atoms with van der Waals surface area (Å²) < 4.78 is 5.79. The number of nitrogens with zero attached hydrogens (tertiary/aromatic N) is 4. The lowest BCUT2D eigenvalue weighted by molar-refractivity contribution is -0.137. The van der Waals surface area contributed by atoms with E-state index in [1.165, 1.54) is 10.4 Å². The zero-order valence-corrected chi connectivity index (χ0v) is 13.8. The number of aliphatic carboxylic acids is 1. The van der Waals surface area contributed by atoms with Crippen molar-refractivity contribution in [2.75, 3.05) is 0 Å². The number of tetrazole rings is 1. The van der Waals surface area contributed by atoms with Gasteiger partial charge in [0.25, 0.3) is 0 Å². The lowest BCUT2D eigenvalue weighted by Gasteiger charge is -2.06. The second-order valence-corrected chi connectivity index (χ2v) is 5.65. The molecular formula is C18H18N4O3. The molecule has 25 heavy (non-hydrogen) atoms. The van der Waals surface area contributed by atoms with Crippen LogP contribution < -0.4 is 4.74 Å². The minimum Gasteiger partial charge on any atom is -0.481 e. The zero-order chi connectivity index (χ0) is 17.6. The van der Waals surface area contributed by atoms with Gasteiger partial charge in [0.2, 0.25) is 5.82 Å². The highest BCUT2D eigenvalue weighted by Gasteiger charge is 2.07. The van der Waals surface area contributed by atoms with E-state index in [0.29, 0.717) is 18.8 Å². The number of hydrogen-bond acceptors (Lipinski definition) is 5. The molecule has 1 heterocycles. The normalized spacial score (nSPS) is 10.6. The molecule has 7 heteroatoms. The quantitative estimate of drug-likeness (QED) is 0.711. The predicted octanol–water partition coefficient (Wildman–Crippen LogP) is 3.31. The molecule has 0 saturated heterocycles. The van der Waals surface area contributed by atoms with Crippen LogP contribution in [0.3, 0.4) is 0 Å². The van der Waals surface area contributed by atoms with Gasteiger partial charge in [-0.1, -0.05) is 17.7 Å². The molecule has 128 valence electrons. The Balaban J connectivity index is 1.63. The highest BCUT2D eigenvalue weighted by atomic mass is 16.5. The first-order chi connectivity index (χ1) is 12.1. The van der Waals surface area contributed by atoms with Crippen LogP contribution in [0.2, 0.25) is 0 Å². The molecule has 0 aliphatic carbocycles. The van der Waals surface area contributed by atoms with Crippen molar-refractivity contribution in [2.24, 2.45) is 0 Å². The molecule has 0 amide bonds. The number of carboxylic acid groups (broad SMARTS) is 1. The van der Waals surface area contributed by atoms with Crippen molar-refractivity contribution in [1.82, 2.24) is 20.2 Å². The van der Waals surface area contributed by atoms with Crippen LogP contribution in [-0.2, 0) is 11.3 Å². The lowest BCUT2D eigenvalue weighted by atomic mass is 10.2. The van der Waals surface area contributed by atoms with Gasteiger partial charge in [-0.3, -0.25) is 4.79 Å². The third-order valence-corrected chi connectivity index (χ3v) is 3.57. The molecule has 3 rings (SSSR count). The number of aromatic nitrogens is 4. The van der Waals surface area contributed by atoms with Crippen LogP contribution in [0.5, 0.6) is 11.5 Å². The summed E-state index contributed by atoms with van der Waals surface area (Å²) in [5, 5.41) is 20.8. The molecule has 0 spiro atoms. The van der Waals surface area contributed by atoms with Gasteiger partial charge in [0.15, 0.2) is 0 Å². The number of hydrogen-bond donors (Lipinski definition) is 1. The van der Waals surface area contributed by atoms with Gasteiger partial charge in [0.1, 0.15) is 11.5 Å². The monoisotopic (exact) mass is 338 g/mol. The largest absolute Gasteiger partial charge is 0.481 e. The summed E-state index contributed by atoms with van der Waals surface area (Å²) >= 11 is 0. The van der Waals surface area contributed by atoms with Crippen molar-refractivity contribution in [3.05, 3.63) is 54.1 Å². The molecule has 0 radical (unpaired) electrons. The van der Waals surface area contributed by atoms with Crippen LogP contribution in [-0.4, -0.2) is 31.3 Å². The molecule has 1 aromatic heterocycles. The molecule has 7 nitrogen and oxygen atoms in total. The first kappa shape index (κ1) is 16.6. The van der Waals surface area contributed by atoms with Gasteiger partial charge >= 0.3 is 5.97 Å². The molecule has 0 saturated carbocycles. The first-order valence-electron chi connectivity index (χ1n) is 7.95. The third-order valence-electron chi connectivity index (χ3n) is 3.57. The lowest BCUT2D eigenvalue weighted by Crippen LogP contribution is -2.05. The average molecular weight is 338 g/mol. The van der Waals surface area contributed by atoms with Crippen LogP contribution in [0.1, 0.15) is 18.4 Å². The van der Waals surface area contributed by atoms with Gasteiger partial charge < -0.3 is 9.84 Å². The fraction of sp³-hybridized carbons (Fsp3) is 0.222. The molecule has 0 atom stereocenters. The fourth-order valence-corrected chi connectivity index (χ4v) is 2.24. The Morgan fingerprint density at radius 1 is 1.08 bits per heavy atom. The topological polar surface area (TPSA) is 90.1 Å². The second kappa shape index (κ2) is 7.57. The van der Waals surface area contributed by atoms with Gasteiger partial charge in [0, 0.05) is 12.0 Å². The average Bonchev–Trinajstić information content (AvgIpc) is 3.06. The molecule has 0 bridgehead atoms. The van der Waals surface area contributed by atoms with Crippen LogP contribution in [0.15, 0.2) is 48.5 Å². The standard InChI is InChI=1S/C18H18N4O3/c1-13-4-8-15(9-5-13)25-16-10-6-14(7-11-16)18-19-21-22(20-18)12-2-3-17(23)24/h4-11H,2-3,12H2,1H3,(H,23,24). The van der Waals surface area contributed by atoms with E-state index in [9.17, 15) is 4.79 Å². The molecular weight excluding hydrogens is 320 g/mol. The van der Waals surface area contributed by atoms with E-state index in [1.807, 2.05) is 55.5 Å². The van der Waals surface area contributed by atoms with Crippen LogP contribution >= 0.6 is 0 Å². The summed E-state index contributed by atoms with van der Waals surface area (Å²) in [5.41, 5.74) is 2.00. The Labute approximate surface area is 144 Å². The van der Waals surface area contributed by atoms with E-state index in [-0.39, 0.29) is 6.42 Å². The highest BCUT2D eigenvalue weighted by Crippen LogP contribution is 2.24. The van der Waals surface area contributed by atoms with E-state index in [4.69, 9.17) is 9.84 Å². The summed E-state index contributed by atoms with van der Waals surface area (Å²) in [5.74, 6) is 1.17. The maximum Gasteiger partial charge on any atom is 0.303 e. The fourth-order valence-electron chi connectivity index (χ4n) is 2.24. The van der Waals surface area contributed by atoms with Gasteiger partial charge in [-0.2, -0.15) is 4.80 Å². The molecule has 2 aromatic carbocycles. The van der Waals surface area contributed by atoms with Crippen molar-refractivity contribution >= 4 is 5.97 Å². The Hall–Kier alpha value is -3.22. The summed E-state index contributed by atoms with van der Waals surface area (Å²) in [4.78, 5) is 11.9. The Bertz CT molecular complexity index is 842. The number of rotatable bonds is 7. The van der Waals surface area contributed by atoms with Crippen LogP contribution in [0.25, 0.3) is 11.4 Å². The minimum absolute atomic E-state index is 0.0852. The van der Waals surface area contributed by atoms with E-state index in [1.54, 1.807) is 0 Å². The Kier molecular flexibility index (Phi) is 5.03. The SMILES string of the molecule is Cc1ccc(Oc2ccc(-c3nnn(CCCC(=O)O)n3)cc2)cc1. The number of aryl methyl sites for hydroxylation is 2. The van der Waals surface area contributed by atoms with E-state index in [2.05, 4.69) is 15.4 Å². The molecule has 1 N–H and O–H groups in total. The van der Waals surface area contributed by atoms with Crippen molar-refractivity contribution in [1.29, 1.82) is 0 Å².